The van der Waals surface area contributed by atoms with Crippen LogP contribution in [0.1, 0.15) is 70.4 Å². The van der Waals surface area contributed by atoms with Crippen LogP contribution in [0.2, 0.25) is 0 Å². The van der Waals surface area contributed by atoms with E-state index in [2.05, 4.69) is 52.0 Å². The highest BCUT2D eigenvalue weighted by atomic mass is 16.3. The molecule has 0 fully saturated rings. The Hall–Kier alpha value is -0.820. The lowest BCUT2D eigenvalue weighted by Gasteiger charge is -2.31. The van der Waals surface area contributed by atoms with Gasteiger partial charge in [-0.3, -0.25) is 0 Å². The molecule has 0 aromatic heterocycles. The Labute approximate surface area is 119 Å². The third-order valence-electron chi connectivity index (χ3n) is 4.37. The number of hydrogen-bond acceptors (Lipinski definition) is 1. The molecule has 0 heterocycles. The number of benzene rings is 1. The van der Waals surface area contributed by atoms with Gasteiger partial charge in [0.15, 0.2) is 0 Å². The van der Waals surface area contributed by atoms with Gasteiger partial charge < -0.3 is 5.11 Å². The highest BCUT2D eigenvalue weighted by Crippen LogP contribution is 2.33. The Bertz CT molecular complexity index is 346. The molecule has 1 N–H and O–H groups in total. The molecule has 0 saturated heterocycles. The van der Waals surface area contributed by atoms with E-state index in [0.717, 1.165) is 19.3 Å². The number of unbranched alkanes of at least 4 members (excludes halogenated alkanes) is 1. The van der Waals surface area contributed by atoms with Crippen LogP contribution in [-0.4, -0.2) is 11.7 Å². The maximum absolute atomic E-state index is 9.81. The van der Waals surface area contributed by atoms with Gasteiger partial charge in [-0.25, -0.2) is 0 Å². The van der Waals surface area contributed by atoms with E-state index in [1.165, 1.54) is 24.0 Å². The Balaban J connectivity index is 2.78. The minimum atomic E-state index is 0.0787. The number of hydrogen-bond donors (Lipinski definition) is 1. The number of aliphatic hydroxyl groups excluding tert-OH is 1. The van der Waals surface area contributed by atoms with Crippen LogP contribution in [0.5, 0.6) is 0 Å². The summed E-state index contributed by atoms with van der Waals surface area (Å²) in [5.74, 6) is 0.586. The lowest BCUT2D eigenvalue weighted by molar-refractivity contribution is 0.107. The lowest BCUT2D eigenvalue weighted by Crippen LogP contribution is -2.27. The van der Waals surface area contributed by atoms with Gasteiger partial charge in [-0.2, -0.15) is 0 Å². The van der Waals surface area contributed by atoms with E-state index in [0.29, 0.717) is 12.5 Å². The molecule has 1 atom stereocenters. The summed E-state index contributed by atoms with van der Waals surface area (Å²) in [4.78, 5) is 0. The molecule has 0 aliphatic carbocycles. The molecule has 0 amide bonds. The molecule has 1 aromatic carbocycles. The summed E-state index contributed by atoms with van der Waals surface area (Å²) in [6, 6.07) is 8.94. The van der Waals surface area contributed by atoms with Crippen LogP contribution < -0.4 is 0 Å². The van der Waals surface area contributed by atoms with Crippen LogP contribution in [0, 0.1) is 5.41 Å². The molecular formula is C18H30O. The molecule has 108 valence electrons. The SMILES string of the molecule is CCCCC(CC)(CO)Cc1ccc(C(C)C)cc1. The van der Waals surface area contributed by atoms with Gasteiger partial charge >= 0.3 is 0 Å². The van der Waals surface area contributed by atoms with E-state index in [1.807, 2.05) is 0 Å². The quantitative estimate of drug-likeness (QED) is 0.704. The number of rotatable bonds is 8. The van der Waals surface area contributed by atoms with Crippen molar-refractivity contribution in [2.75, 3.05) is 6.61 Å². The second-order valence-corrected chi connectivity index (χ2v) is 6.19. The molecule has 1 aromatic rings. The molecule has 0 radical (unpaired) electrons. The van der Waals surface area contributed by atoms with Gasteiger partial charge in [-0.05, 0) is 41.7 Å². The molecule has 0 aliphatic heterocycles. The zero-order chi connectivity index (χ0) is 14.3. The molecule has 0 saturated carbocycles. The Kier molecular flexibility index (Phi) is 6.57. The van der Waals surface area contributed by atoms with Crippen LogP contribution in [0.15, 0.2) is 24.3 Å². The van der Waals surface area contributed by atoms with Crippen molar-refractivity contribution in [1.29, 1.82) is 0 Å². The highest BCUT2D eigenvalue weighted by Gasteiger charge is 2.26. The number of aliphatic hydroxyl groups is 1. The van der Waals surface area contributed by atoms with Gasteiger partial charge in [0.1, 0.15) is 0 Å². The van der Waals surface area contributed by atoms with E-state index < -0.39 is 0 Å². The van der Waals surface area contributed by atoms with E-state index in [1.54, 1.807) is 0 Å². The zero-order valence-electron chi connectivity index (χ0n) is 13.1. The van der Waals surface area contributed by atoms with Crippen LogP contribution in [-0.2, 0) is 6.42 Å². The first-order valence-corrected chi connectivity index (χ1v) is 7.76. The normalized spacial score (nSPS) is 14.6. The monoisotopic (exact) mass is 262 g/mol. The van der Waals surface area contributed by atoms with Gasteiger partial charge in [-0.1, -0.05) is 64.8 Å². The molecule has 19 heavy (non-hydrogen) atoms. The van der Waals surface area contributed by atoms with Crippen LogP contribution >= 0.6 is 0 Å². The van der Waals surface area contributed by atoms with Gasteiger partial charge in [0, 0.05) is 6.61 Å². The van der Waals surface area contributed by atoms with Crippen molar-refractivity contribution < 1.29 is 5.11 Å². The Morgan fingerprint density at radius 3 is 2.16 bits per heavy atom. The largest absolute Gasteiger partial charge is 0.396 e. The fraction of sp³-hybridized carbons (Fsp3) is 0.667. The van der Waals surface area contributed by atoms with Crippen molar-refractivity contribution in [3.05, 3.63) is 35.4 Å². The van der Waals surface area contributed by atoms with E-state index in [4.69, 9.17) is 0 Å². The van der Waals surface area contributed by atoms with Gasteiger partial charge in [-0.15, -0.1) is 0 Å². The maximum Gasteiger partial charge on any atom is 0.0490 e. The maximum atomic E-state index is 9.81. The smallest absolute Gasteiger partial charge is 0.0490 e. The first-order chi connectivity index (χ1) is 9.06. The van der Waals surface area contributed by atoms with Crippen molar-refractivity contribution >= 4 is 0 Å². The summed E-state index contributed by atoms with van der Waals surface area (Å²) in [6.45, 7) is 9.17. The molecule has 1 rings (SSSR count). The van der Waals surface area contributed by atoms with Crippen molar-refractivity contribution in [1.82, 2.24) is 0 Å². The summed E-state index contributed by atoms with van der Waals surface area (Å²) in [5, 5.41) is 9.81. The van der Waals surface area contributed by atoms with Crippen molar-refractivity contribution in [3.63, 3.8) is 0 Å². The highest BCUT2D eigenvalue weighted by molar-refractivity contribution is 5.25. The minimum absolute atomic E-state index is 0.0787. The van der Waals surface area contributed by atoms with Crippen LogP contribution in [0.25, 0.3) is 0 Å². The van der Waals surface area contributed by atoms with E-state index >= 15 is 0 Å². The first-order valence-electron chi connectivity index (χ1n) is 7.76. The van der Waals surface area contributed by atoms with Crippen molar-refractivity contribution in [2.24, 2.45) is 5.41 Å². The summed E-state index contributed by atoms with van der Waals surface area (Å²) in [5.41, 5.74) is 2.83. The third-order valence-corrected chi connectivity index (χ3v) is 4.37. The molecule has 0 aliphatic rings. The van der Waals surface area contributed by atoms with Crippen LogP contribution in [0.3, 0.4) is 0 Å². The van der Waals surface area contributed by atoms with Crippen molar-refractivity contribution in [3.8, 4) is 0 Å². The predicted octanol–water partition coefficient (Wildman–Crippen LogP) is 4.93. The summed E-state index contributed by atoms with van der Waals surface area (Å²) in [7, 11) is 0. The van der Waals surface area contributed by atoms with Gasteiger partial charge in [0.2, 0.25) is 0 Å². The van der Waals surface area contributed by atoms with E-state index in [9.17, 15) is 5.11 Å². The second kappa shape index (κ2) is 7.69. The predicted molar refractivity (Wildman–Crippen MR) is 83.6 cm³/mol. The molecule has 1 unspecified atom stereocenters. The third kappa shape index (κ3) is 4.65. The van der Waals surface area contributed by atoms with Gasteiger partial charge in [0.05, 0.1) is 0 Å². The second-order valence-electron chi connectivity index (χ2n) is 6.19. The molecule has 1 heteroatoms. The van der Waals surface area contributed by atoms with Crippen molar-refractivity contribution in [2.45, 2.75) is 65.7 Å². The van der Waals surface area contributed by atoms with E-state index in [-0.39, 0.29) is 5.41 Å². The van der Waals surface area contributed by atoms with Crippen LogP contribution in [0.4, 0.5) is 0 Å². The summed E-state index contributed by atoms with van der Waals surface area (Å²) >= 11 is 0. The zero-order valence-corrected chi connectivity index (χ0v) is 13.1. The van der Waals surface area contributed by atoms with Gasteiger partial charge in [0.25, 0.3) is 0 Å². The topological polar surface area (TPSA) is 20.2 Å². The molecule has 0 bridgehead atoms. The Morgan fingerprint density at radius 2 is 1.74 bits per heavy atom. The molecule has 0 spiro atoms. The minimum Gasteiger partial charge on any atom is -0.396 e. The summed E-state index contributed by atoms with van der Waals surface area (Å²) in [6.07, 6.45) is 5.59. The standard InChI is InChI=1S/C18H30O/c1-5-7-12-18(6-2,14-19)13-16-8-10-17(11-9-16)15(3)4/h8-11,15,19H,5-7,12-14H2,1-4H3. The Morgan fingerprint density at radius 1 is 1.11 bits per heavy atom. The lowest BCUT2D eigenvalue weighted by atomic mass is 9.76. The average molecular weight is 262 g/mol. The average Bonchev–Trinajstić information content (AvgIpc) is 2.44. The molecule has 1 nitrogen and oxygen atoms in total. The first kappa shape index (κ1) is 16.2. The summed E-state index contributed by atoms with van der Waals surface area (Å²) < 4.78 is 0. The fourth-order valence-corrected chi connectivity index (χ4v) is 2.64. The molecular weight excluding hydrogens is 232 g/mol. The fourth-order valence-electron chi connectivity index (χ4n) is 2.64.